The molecule has 0 saturated carbocycles. The van der Waals surface area contributed by atoms with Gasteiger partial charge in [0.15, 0.2) is 0 Å². The Kier molecular flexibility index (Phi) is 5.40. The summed E-state index contributed by atoms with van der Waals surface area (Å²) in [4.78, 5) is 16.8. The predicted molar refractivity (Wildman–Crippen MR) is 116 cm³/mol. The summed E-state index contributed by atoms with van der Waals surface area (Å²) in [5, 5.41) is 12.7. The van der Waals surface area contributed by atoms with E-state index in [1.807, 2.05) is 24.3 Å². The van der Waals surface area contributed by atoms with E-state index in [1.54, 1.807) is 12.1 Å². The quantitative estimate of drug-likeness (QED) is 0.229. The third kappa shape index (κ3) is 4.17. The van der Waals surface area contributed by atoms with Crippen LogP contribution in [0.1, 0.15) is 50.9 Å². The van der Waals surface area contributed by atoms with Crippen molar-refractivity contribution in [2.24, 2.45) is 0 Å². The highest BCUT2D eigenvalue weighted by molar-refractivity contribution is 5.84. The monoisotopic (exact) mass is 378 g/mol. The molecule has 2 aromatic heterocycles. The van der Waals surface area contributed by atoms with E-state index in [-0.39, 0.29) is 10.6 Å². The summed E-state index contributed by atoms with van der Waals surface area (Å²) in [5.74, 6) is 0.935. The van der Waals surface area contributed by atoms with E-state index < -0.39 is 0 Å². The lowest BCUT2D eigenvalue weighted by Gasteiger charge is -1.97. The van der Waals surface area contributed by atoms with E-state index in [0.29, 0.717) is 11.8 Å². The molecule has 0 radical (unpaired) electrons. The molecule has 0 amide bonds. The molecule has 0 aliphatic rings. The summed E-state index contributed by atoms with van der Waals surface area (Å²) in [6.45, 7) is 8.51. The minimum absolute atomic E-state index is 0.136. The molecule has 2 aromatic carbocycles. The summed E-state index contributed by atoms with van der Waals surface area (Å²) < 4.78 is 0. The lowest BCUT2D eigenvalue weighted by molar-refractivity contribution is -0.384. The normalized spacial score (nSPS) is 11.2. The Hall–Kier alpha value is -3.28. The predicted octanol–water partition coefficient (Wildman–Crippen LogP) is 6.07. The smallest absolute Gasteiger partial charge is 0.270 e. The highest BCUT2D eigenvalue weighted by Gasteiger charge is 2.09. The van der Waals surface area contributed by atoms with Crippen LogP contribution in [0.15, 0.2) is 48.5 Å². The number of non-ortho nitro benzene ring substituents is 1. The molecule has 146 valence electrons. The molecule has 0 aliphatic heterocycles. The fraction of sp³-hybridized carbons (Fsp3) is 0.273. The van der Waals surface area contributed by atoms with Crippen molar-refractivity contribution in [2.75, 3.05) is 5.73 Å². The van der Waals surface area contributed by atoms with Crippen LogP contribution in [-0.4, -0.2) is 14.9 Å². The Morgan fingerprint density at radius 2 is 1.32 bits per heavy atom. The van der Waals surface area contributed by atoms with Crippen molar-refractivity contribution in [1.29, 1.82) is 0 Å². The zero-order chi connectivity index (χ0) is 20.4. The van der Waals surface area contributed by atoms with Crippen LogP contribution in [0.25, 0.3) is 21.8 Å². The van der Waals surface area contributed by atoms with Crippen molar-refractivity contribution in [2.45, 2.75) is 39.5 Å². The maximum absolute atomic E-state index is 10.6. The van der Waals surface area contributed by atoms with Crippen LogP contribution in [0.4, 0.5) is 11.4 Å². The summed E-state index contributed by atoms with van der Waals surface area (Å²) in [5.41, 5.74) is 11.1. The second-order valence-corrected chi connectivity index (χ2v) is 7.63. The van der Waals surface area contributed by atoms with E-state index in [1.165, 1.54) is 17.1 Å². The summed E-state index contributed by atoms with van der Waals surface area (Å²) in [6.07, 6.45) is 0. The number of anilines is 1. The number of nitrogens with two attached hydrogens (primary N) is 1. The SMILES string of the molecule is CC(C)c1cc2cc(N)ccc2[nH]1.CC(C)c1cc2cc([N+](=O)[O-])ccc2[nH]1. The van der Waals surface area contributed by atoms with Crippen molar-refractivity contribution < 1.29 is 4.92 Å². The summed E-state index contributed by atoms with van der Waals surface area (Å²) in [7, 11) is 0. The number of fused-ring (bicyclic) bond motifs is 2. The fourth-order valence-corrected chi connectivity index (χ4v) is 3.05. The van der Waals surface area contributed by atoms with E-state index in [2.05, 4.69) is 43.7 Å². The Morgan fingerprint density at radius 1 is 0.821 bits per heavy atom. The molecule has 0 saturated heterocycles. The average molecular weight is 378 g/mol. The van der Waals surface area contributed by atoms with Gasteiger partial charge in [-0.25, -0.2) is 0 Å². The molecule has 0 atom stereocenters. The summed E-state index contributed by atoms with van der Waals surface area (Å²) >= 11 is 0. The van der Waals surface area contributed by atoms with Crippen molar-refractivity contribution in [3.63, 3.8) is 0 Å². The minimum Gasteiger partial charge on any atom is -0.399 e. The van der Waals surface area contributed by atoms with Crippen LogP contribution in [0.5, 0.6) is 0 Å². The molecule has 0 unspecified atom stereocenters. The van der Waals surface area contributed by atoms with E-state index in [0.717, 1.165) is 27.8 Å². The molecule has 0 spiro atoms. The lowest BCUT2D eigenvalue weighted by Crippen LogP contribution is -1.86. The Bertz CT molecular complexity index is 1120. The van der Waals surface area contributed by atoms with Gasteiger partial charge in [-0.2, -0.15) is 0 Å². The first-order chi connectivity index (χ1) is 13.2. The van der Waals surface area contributed by atoms with Gasteiger partial charge in [0.05, 0.1) is 4.92 Å². The third-order valence-electron chi connectivity index (χ3n) is 4.75. The van der Waals surface area contributed by atoms with Gasteiger partial charge in [-0.3, -0.25) is 10.1 Å². The number of hydrogen-bond donors (Lipinski definition) is 3. The van der Waals surface area contributed by atoms with Gasteiger partial charge >= 0.3 is 0 Å². The second kappa shape index (κ2) is 7.76. The number of nitrogen functional groups attached to an aromatic ring is 1. The molecule has 6 heteroatoms. The zero-order valence-electron chi connectivity index (χ0n) is 16.6. The number of nitrogens with one attached hydrogen (secondary N) is 2. The van der Waals surface area contributed by atoms with Crippen LogP contribution in [0, 0.1) is 10.1 Å². The molecular formula is C22H26N4O2. The molecule has 0 aliphatic carbocycles. The molecular weight excluding hydrogens is 352 g/mol. The average Bonchev–Trinajstić information content (AvgIpc) is 3.25. The number of benzene rings is 2. The van der Waals surface area contributed by atoms with Gasteiger partial charge in [0.2, 0.25) is 0 Å². The third-order valence-corrected chi connectivity index (χ3v) is 4.75. The molecule has 28 heavy (non-hydrogen) atoms. The van der Waals surface area contributed by atoms with E-state index in [9.17, 15) is 10.1 Å². The Labute approximate surface area is 163 Å². The van der Waals surface area contributed by atoms with Crippen molar-refractivity contribution >= 4 is 33.2 Å². The molecule has 0 fully saturated rings. The number of aromatic amines is 2. The maximum Gasteiger partial charge on any atom is 0.270 e. The number of nitrogens with zero attached hydrogens (tertiary/aromatic N) is 1. The first-order valence-corrected chi connectivity index (χ1v) is 9.39. The van der Waals surface area contributed by atoms with Gasteiger partial charge in [-0.1, -0.05) is 27.7 Å². The number of hydrogen-bond acceptors (Lipinski definition) is 3. The lowest BCUT2D eigenvalue weighted by atomic mass is 10.1. The number of rotatable bonds is 3. The minimum atomic E-state index is -0.374. The standard InChI is InChI=1S/C11H12N2O2.C11H14N2/c1-7(2)11-6-8-5-9(13(14)15)3-4-10(8)12-11;1-7(2)11-6-8-5-9(12)3-4-10(8)13-11/h3-7,12H,1-2H3;3-7,13H,12H2,1-2H3. The van der Waals surface area contributed by atoms with Crippen LogP contribution < -0.4 is 5.73 Å². The fourth-order valence-electron chi connectivity index (χ4n) is 3.05. The van der Waals surface area contributed by atoms with Crippen molar-refractivity contribution in [1.82, 2.24) is 9.97 Å². The van der Waals surface area contributed by atoms with Gasteiger partial charge in [0.25, 0.3) is 5.69 Å². The number of aromatic nitrogens is 2. The highest BCUT2D eigenvalue weighted by Crippen LogP contribution is 2.25. The van der Waals surface area contributed by atoms with Crippen LogP contribution in [0.2, 0.25) is 0 Å². The van der Waals surface area contributed by atoms with E-state index >= 15 is 0 Å². The summed E-state index contributed by atoms with van der Waals surface area (Å²) in [6, 6.07) is 14.9. The van der Waals surface area contributed by atoms with Crippen LogP contribution in [0.3, 0.4) is 0 Å². The first kappa shape index (κ1) is 19.5. The van der Waals surface area contributed by atoms with Crippen molar-refractivity contribution in [3.05, 3.63) is 70.0 Å². The number of nitro benzene ring substituents is 1. The molecule has 2 heterocycles. The molecule has 6 nitrogen and oxygen atoms in total. The Morgan fingerprint density at radius 3 is 1.82 bits per heavy atom. The molecule has 4 rings (SSSR count). The van der Waals surface area contributed by atoms with Gasteiger partial charge in [0, 0.05) is 51.0 Å². The van der Waals surface area contributed by atoms with Gasteiger partial charge in [-0.05, 0) is 48.2 Å². The number of nitro groups is 1. The largest absolute Gasteiger partial charge is 0.399 e. The Balaban J connectivity index is 0.000000162. The van der Waals surface area contributed by atoms with E-state index in [4.69, 9.17) is 5.73 Å². The zero-order valence-corrected chi connectivity index (χ0v) is 16.6. The molecule has 0 bridgehead atoms. The van der Waals surface area contributed by atoms with Crippen LogP contribution >= 0.6 is 0 Å². The van der Waals surface area contributed by atoms with Gasteiger partial charge in [-0.15, -0.1) is 0 Å². The molecule has 4 aromatic rings. The van der Waals surface area contributed by atoms with Crippen molar-refractivity contribution in [3.8, 4) is 0 Å². The second-order valence-electron chi connectivity index (χ2n) is 7.63. The topological polar surface area (TPSA) is 101 Å². The van der Waals surface area contributed by atoms with Crippen LogP contribution in [-0.2, 0) is 0 Å². The first-order valence-electron chi connectivity index (χ1n) is 9.39. The maximum atomic E-state index is 10.6. The molecule has 4 N–H and O–H groups in total. The number of H-pyrrole nitrogens is 2. The van der Waals surface area contributed by atoms with Gasteiger partial charge in [0.1, 0.15) is 0 Å². The van der Waals surface area contributed by atoms with Gasteiger partial charge < -0.3 is 15.7 Å². The highest BCUT2D eigenvalue weighted by atomic mass is 16.6.